The number of aromatic nitrogens is 2. The van der Waals surface area contributed by atoms with Gasteiger partial charge in [0.05, 0.1) is 11.9 Å². The minimum Gasteiger partial charge on any atom is -0.278 e. The average molecular weight is 206 g/mol. The minimum atomic E-state index is 0.483. The van der Waals surface area contributed by atoms with Crippen LogP contribution in [-0.4, -0.2) is 10.2 Å². The van der Waals surface area contributed by atoms with E-state index in [0.717, 1.165) is 5.69 Å². The fraction of sp³-hybridized carbons (Fsp3) is 0.462. The molecule has 0 bridgehead atoms. The second-order valence-electron chi connectivity index (χ2n) is 3.44. The Morgan fingerprint density at radius 1 is 1.47 bits per heavy atom. The number of aryl methyl sites for hydroxylation is 1. The van der Waals surface area contributed by atoms with Crippen LogP contribution in [0.1, 0.15) is 39.0 Å². The lowest BCUT2D eigenvalue weighted by molar-refractivity contribution is 0.844. The van der Waals surface area contributed by atoms with Crippen molar-refractivity contribution in [1.29, 1.82) is 0 Å². The van der Waals surface area contributed by atoms with Gasteiger partial charge in [-0.25, -0.2) is 0 Å². The molecule has 0 aliphatic heterocycles. The minimum absolute atomic E-state index is 0.483. The summed E-state index contributed by atoms with van der Waals surface area (Å²) in [5.74, 6) is 0.483. The molecule has 1 heterocycles. The average Bonchev–Trinajstić information content (AvgIpc) is 2.63. The monoisotopic (exact) mass is 206 g/mol. The van der Waals surface area contributed by atoms with Gasteiger partial charge in [-0.3, -0.25) is 5.10 Å². The zero-order valence-corrected chi connectivity index (χ0v) is 10.5. The van der Waals surface area contributed by atoms with Crippen molar-refractivity contribution >= 4 is 5.57 Å². The molecule has 0 atom stereocenters. The van der Waals surface area contributed by atoms with E-state index in [2.05, 4.69) is 37.5 Å². The molecule has 0 aromatic carbocycles. The number of rotatable bonds is 3. The molecule has 2 heteroatoms. The Hall–Kier alpha value is -1.31. The van der Waals surface area contributed by atoms with Crippen LogP contribution in [-0.2, 0) is 0 Å². The molecule has 0 amide bonds. The van der Waals surface area contributed by atoms with E-state index in [9.17, 15) is 0 Å². The first-order chi connectivity index (χ1) is 7.16. The van der Waals surface area contributed by atoms with E-state index >= 15 is 0 Å². The molecule has 0 saturated heterocycles. The lowest BCUT2D eigenvalue weighted by atomic mass is 9.97. The van der Waals surface area contributed by atoms with E-state index in [1.165, 1.54) is 11.1 Å². The van der Waals surface area contributed by atoms with Crippen LogP contribution in [0.25, 0.3) is 5.57 Å². The third-order valence-corrected chi connectivity index (χ3v) is 2.04. The number of H-pyrrole nitrogens is 1. The van der Waals surface area contributed by atoms with E-state index in [1.807, 2.05) is 32.2 Å². The fourth-order valence-corrected chi connectivity index (χ4v) is 1.33. The third-order valence-electron chi connectivity index (χ3n) is 2.04. The second-order valence-corrected chi connectivity index (χ2v) is 3.44. The van der Waals surface area contributed by atoms with Gasteiger partial charge in [-0.1, -0.05) is 46.4 Å². The zero-order valence-electron chi connectivity index (χ0n) is 10.5. The number of nitrogens with one attached hydrogen (secondary N) is 1. The normalized spacial score (nSPS) is 10.9. The molecule has 15 heavy (non-hydrogen) atoms. The van der Waals surface area contributed by atoms with Gasteiger partial charge in [0.15, 0.2) is 0 Å². The number of aromatic amines is 1. The first-order valence-electron chi connectivity index (χ1n) is 5.49. The van der Waals surface area contributed by atoms with Gasteiger partial charge in [0.1, 0.15) is 0 Å². The summed E-state index contributed by atoms with van der Waals surface area (Å²) < 4.78 is 0. The molecular weight excluding hydrogens is 184 g/mol. The molecule has 1 aromatic rings. The predicted molar refractivity (Wildman–Crippen MR) is 67.7 cm³/mol. The van der Waals surface area contributed by atoms with Crippen molar-refractivity contribution in [2.75, 3.05) is 0 Å². The summed E-state index contributed by atoms with van der Waals surface area (Å²) in [5, 5.41) is 7.01. The van der Waals surface area contributed by atoms with E-state index in [-0.39, 0.29) is 0 Å². The highest BCUT2D eigenvalue weighted by molar-refractivity contribution is 5.67. The van der Waals surface area contributed by atoms with Gasteiger partial charge >= 0.3 is 0 Å². The fourth-order valence-electron chi connectivity index (χ4n) is 1.33. The van der Waals surface area contributed by atoms with E-state index in [0.29, 0.717) is 5.92 Å². The summed E-state index contributed by atoms with van der Waals surface area (Å²) in [6, 6.07) is 0. The number of hydrogen-bond acceptors (Lipinski definition) is 1. The summed E-state index contributed by atoms with van der Waals surface area (Å²) in [6.45, 7) is 14.1. The summed E-state index contributed by atoms with van der Waals surface area (Å²) >= 11 is 0. The largest absolute Gasteiger partial charge is 0.278 e. The number of hydrogen-bond donors (Lipinski definition) is 1. The van der Waals surface area contributed by atoms with Crippen LogP contribution in [0.3, 0.4) is 0 Å². The third kappa shape index (κ3) is 3.74. The molecule has 0 aliphatic rings. The quantitative estimate of drug-likeness (QED) is 0.745. The maximum Gasteiger partial charge on any atom is 0.0641 e. The first-order valence-corrected chi connectivity index (χ1v) is 5.49. The summed E-state index contributed by atoms with van der Waals surface area (Å²) in [4.78, 5) is 0. The van der Waals surface area contributed by atoms with E-state index in [1.54, 1.807) is 0 Å². The molecule has 84 valence electrons. The molecule has 0 aliphatic carbocycles. The second kappa shape index (κ2) is 7.04. The van der Waals surface area contributed by atoms with Crippen LogP contribution in [0.4, 0.5) is 0 Å². The summed E-state index contributed by atoms with van der Waals surface area (Å²) in [6.07, 6.45) is 5.69. The van der Waals surface area contributed by atoms with Crippen molar-refractivity contribution < 1.29 is 0 Å². The van der Waals surface area contributed by atoms with Gasteiger partial charge in [-0.2, -0.15) is 5.10 Å². The van der Waals surface area contributed by atoms with Crippen molar-refractivity contribution in [3.63, 3.8) is 0 Å². The first kappa shape index (κ1) is 13.7. The Kier molecular flexibility index (Phi) is 6.43. The Morgan fingerprint density at radius 3 is 2.40 bits per heavy atom. The number of allylic oxidation sites excluding steroid dienone is 3. The van der Waals surface area contributed by atoms with Gasteiger partial charge in [0.2, 0.25) is 0 Å². The summed E-state index contributed by atoms with van der Waals surface area (Å²) in [7, 11) is 0. The van der Waals surface area contributed by atoms with Gasteiger partial charge in [-0.15, -0.1) is 0 Å². The van der Waals surface area contributed by atoms with E-state index < -0.39 is 0 Å². The molecule has 1 aromatic heterocycles. The van der Waals surface area contributed by atoms with Crippen molar-refractivity contribution in [3.8, 4) is 0 Å². The highest BCUT2D eigenvalue weighted by atomic mass is 15.1. The molecular formula is C13H22N2. The van der Waals surface area contributed by atoms with Gasteiger partial charge < -0.3 is 0 Å². The lowest BCUT2D eigenvalue weighted by Gasteiger charge is -2.09. The predicted octanol–water partition coefficient (Wildman–Crippen LogP) is 3.97. The molecule has 0 fully saturated rings. The summed E-state index contributed by atoms with van der Waals surface area (Å²) in [5.41, 5.74) is 3.56. The smallest absolute Gasteiger partial charge is 0.0641 e. The van der Waals surface area contributed by atoms with Gasteiger partial charge in [0.25, 0.3) is 0 Å². The van der Waals surface area contributed by atoms with E-state index in [4.69, 9.17) is 0 Å². The molecule has 1 N–H and O–H groups in total. The van der Waals surface area contributed by atoms with Crippen molar-refractivity contribution in [2.24, 2.45) is 5.92 Å². The zero-order chi connectivity index (χ0) is 11.8. The highest BCUT2D eigenvalue weighted by Gasteiger charge is 2.09. The molecule has 0 saturated carbocycles. The Balaban J connectivity index is 0.000000921. The molecule has 0 unspecified atom stereocenters. The topological polar surface area (TPSA) is 28.7 Å². The van der Waals surface area contributed by atoms with Crippen LogP contribution in [0, 0.1) is 12.8 Å². The Bertz CT molecular complexity index is 319. The van der Waals surface area contributed by atoms with Gasteiger partial charge in [0, 0.05) is 0 Å². The number of nitrogens with zero attached hydrogens (tertiary/aromatic N) is 1. The highest BCUT2D eigenvalue weighted by Crippen LogP contribution is 2.23. The van der Waals surface area contributed by atoms with Crippen LogP contribution in [0.2, 0.25) is 0 Å². The molecule has 0 radical (unpaired) electrons. The van der Waals surface area contributed by atoms with Crippen LogP contribution >= 0.6 is 0 Å². The molecule has 2 nitrogen and oxygen atoms in total. The Morgan fingerprint density at radius 2 is 2.07 bits per heavy atom. The van der Waals surface area contributed by atoms with Crippen LogP contribution in [0.5, 0.6) is 0 Å². The van der Waals surface area contributed by atoms with Gasteiger partial charge in [-0.05, 0) is 24.0 Å². The van der Waals surface area contributed by atoms with Crippen molar-refractivity contribution in [3.05, 3.63) is 36.2 Å². The Labute approximate surface area is 93.1 Å². The lowest BCUT2D eigenvalue weighted by Crippen LogP contribution is -1.95. The maximum atomic E-state index is 4.01. The van der Waals surface area contributed by atoms with Crippen LogP contribution in [0.15, 0.2) is 24.9 Å². The maximum absolute atomic E-state index is 4.01. The SMILES string of the molecule is C=C/C=C(\c1[nH]ncc1C)C(C)C.CC. The van der Waals surface area contributed by atoms with Crippen molar-refractivity contribution in [1.82, 2.24) is 10.2 Å². The molecule has 1 rings (SSSR count). The van der Waals surface area contributed by atoms with Crippen LogP contribution < -0.4 is 0 Å². The molecule has 0 spiro atoms. The van der Waals surface area contributed by atoms with Crippen molar-refractivity contribution in [2.45, 2.75) is 34.6 Å². The standard InChI is InChI=1S/C11H16N2.C2H6/c1-5-6-10(8(2)3)11-9(4)7-12-13-11;1-2/h5-8H,1H2,2-4H3,(H,12,13);1-2H3/b10-6-;.